The maximum atomic E-state index is 12.7. The number of anilines is 1. The Morgan fingerprint density at radius 3 is 3.10 bits per heavy atom. The summed E-state index contributed by atoms with van der Waals surface area (Å²) in [4.78, 5) is 17.2. The van der Waals surface area contributed by atoms with Crippen LogP contribution in [-0.4, -0.2) is 17.3 Å². The Labute approximate surface area is 124 Å². The van der Waals surface area contributed by atoms with Gasteiger partial charge in [-0.3, -0.25) is 9.78 Å². The summed E-state index contributed by atoms with van der Waals surface area (Å²) in [5.41, 5.74) is 4.73. The minimum Gasteiger partial charge on any atom is -0.384 e. The van der Waals surface area contributed by atoms with Crippen LogP contribution in [-0.2, 0) is 11.2 Å². The molecule has 2 aliphatic rings. The molecular weight excluding hydrogens is 260 g/mol. The number of rotatable bonds is 3. The summed E-state index contributed by atoms with van der Waals surface area (Å²) in [6.45, 7) is 0.868. The molecule has 0 radical (unpaired) electrons. The van der Waals surface area contributed by atoms with Crippen molar-refractivity contribution in [2.75, 3.05) is 11.9 Å². The number of carbonyl (C=O) groups is 1. The van der Waals surface area contributed by atoms with Crippen molar-refractivity contribution in [3.05, 3.63) is 59.4 Å². The van der Waals surface area contributed by atoms with Crippen LogP contribution in [0, 0.1) is 0 Å². The second-order valence-electron chi connectivity index (χ2n) is 5.97. The number of pyridine rings is 1. The molecule has 106 valence electrons. The monoisotopic (exact) mass is 278 g/mol. The maximum absolute atomic E-state index is 12.7. The summed E-state index contributed by atoms with van der Waals surface area (Å²) in [7, 11) is 0. The van der Waals surface area contributed by atoms with Gasteiger partial charge in [0.1, 0.15) is 5.78 Å². The third-order valence-corrected chi connectivity index (χ3v) is 4.73. The zero-order valence-corrected chi connectivity index (χ0v) is 11.9. The third-order valence-electron chi connectivity index (χ3n) is 4.73. The summed E-state index contributed by atoms with van der Waals surface area (Å²) >= 11 is 0. The van der Waals surface area contributed by atoms with Gasteiger partial charge in [-0.15, -0.1) is 0 Å². The third kappa shape index (κ3) is 2.13. The van der Waals surface area contributed by atoms with Gasteiger partial charge >= 0.3 is 0 Å². The minimum absolute atomic E-state index is 0.00830. The number of nitrogens with zero attached hydrogens (tertiary/aromatic N) is 1. The van der Waals surface area contributed by atoms with E-state index in [1.807, 2.05) is 12.1 Å². The smallest absolute Gasteiger partial charge is 0.142 e. The molecule has 0 spiro atoms. The fourth-order valence-corrected chi connectivity index (χ4v) is 3.65. The van der Waals surface area contributed by atoms with Gasteiger partial charge in [-0.2, -0.15) is 0 Å². The van der Waals surface area contributed by atoms with Gasteiger partial charge in [-0.25, -0.2) is 0 Å². The number of aryl methyl sites for hydroxylation is 1. The van der Waals surface area contributed by atoms with Gasteiger partial charge in [-0.1, -0.05) is 24.3 Å². The molecule has 0 bridgehead atoms. The van der Waals surface area contributed by atoms with E-state index in [1.165, 1.54) is 16.8 Å². The van der Waals surface area contributed by atoms with Gasteiger partial charge in [-0.05, 0) is 36.1 Å². The lowest BCUT2D eigenvalue weighted by molar-refractivity contribution is -0.120. The van der Waals surface area contributed by atoms with Crippen LogP contribution in [0.5, 0.6) is 0 Å². The SMILES string of the molecule is O=C(CC1CNc2ccccc21)C1CCc2cccnc21. The molecule has 0 fully saturated rings. The number of ketones is 1. The second kappa shape index (κ2) is 4.99. The molecule has 1 aromatic carbocycles. The molecule has 4 rings (SSSR count). The Morgan fingerprint density at radius 1 is 1.24 bits per heavy atom. The lowest BCUT2D eigenvalue weighted by atomic mass is 9.89. The van der Waals surface area contributed by atoms with E-state index in [1.54, 1.807) is 6.20 Å². The van der Waals surface area contributed by atoms with E-state index in [-0.39, 0.29) is 5.92 Å². The van der Waals surface area contributed by atoms with Crippen LogP contribution >= 0.6 is 0 Å². The average Bonchev–Trinajstić information content (AvgIpc) is 3.12. The first-order valence-electron chi connectivity index (χ1n) is 7.62. The number of fused-ring (bicyclic) bond motifs is 2. The quantitative estimate of drug-likeness (QED) is 0.937. The van der Waals surface area contributed by atoms with Crippen molar-refractivity contribution >= 4 is 11.5 Å². The fourth-order valence-electron chi connectivity index (χ4n) is 3.65. The number of hydrogen-bond acceptors (Lipinski definition) is 3. The van der Waals surface area contributed by atoms with Gasteiger partial charge in [0.05, 0.1) is 11.6 Å². The molecule has 2 aromatic rings. The lowest BCUT2D eigenvalue weighted by Crippen LogP contribution is -2.16. The van der Waals surface area contributed by atoms with Gasteiger partial charge < -0.3 is 5.32 Å². The van der Waals surface area contributed by atoms with Crippen molar-refractivity contribution in [1.29, 1.82) is 0 Å². The molecule has 2 atom stereocenters. The first kappa shape index (κ1) is 12.6. The zero-order chi connectivity index (χ0) is 14.2. The van der Waals surface area contributed by atoms with Crippen molar-refractivity contribution in [2.24, 2.45) is 0 Å². The van der Waals surface area contributed by atoms with E-state index in [4.69, 9.17) is 0 Å². The summed E-state index contributed by atoms with van der Waals surface area (Å²) in [5.74, 6) is 0.659. The van der Waals surface area contributed by atoms with Crippen LogP contribution < -0.4 is 5.32 Å². The molecule has 1 aromatic heterocycles. The summed E-state index contributed by atoms with van der Waals surface area (Å²) in [6, 6.07) is 12.4. The number of carbonyl (C=O) groups excluding carboxylic acids is 1. The molecule has 3 nitrogen and oxygen atoms in total. The molecule has 1 N–H and O–H groups in total. The maximum Gasteiger partial charge on any atom is 0.142 e. The van der Waals surface area contributed by atoms with Crippen molar-refractivity contribution in [3.63, 3.8) is 0 Å². The molecular formula is C18H18N2O. The molecule has 0 saturated heterocycles. The average molecular weight is 278 g/mol. The molecule has 21 heavy (non-hydrogen) atoms. The van der Waals surface area contributed by atoms with Crippen molar-refractivity contribution in [2.45, 2.75) is 31.1 Å². The van der Waals surface area contributed by atoms with Gasteiger partial charge in [0.25, 0.3) is 0 Å². The van der Waals surface area contributed by atoms with Crippen molar-refractivity contribution in [3.8, 4) is 0 Å². The normalized spacial score (nSPS) is 22.5. The Bertz CT molecular complexity index is 695. The fraction of sp³-hybridized carbons (Fsp3) is 0.333. The van der Waals surface area contributed by atoms with Crippen molar-refractivity contribution in [1.82, 2.24) is 4.98 Å². The van der Waals surface area contributed by atoms with E-state index in [0.29, 0.717) is 18.1 Å². The van der Waals surface area contributed by atoms with E-state index < -0.39 is 0 Å². The van der Waals surface area contributed by atoms with E-state index in [9.17, 15) is 4.79 Å². The molecule has 3 heteroatoms. The number of aromatic nitrogens is 1. The summed E-state index contributed by atoms with van der Waals surface area (Å²) < 4.78 is 0. The second-order valence-corrected chi connectivity index (χ2v) is 5.97. The van der Waals surface area contributed by atoms with Gasteiger partial charge in [0, 0.05) is 30.8 Å². The van der Waals surface area contributed by atoms with E-state index >= 15 is 0 Å². The Kier molecular flexibility index (Phi) is 2.99. The van der Waals surface area contributed by atoms with Crippen LogP contribution in [0.15, 0.2) is 42.6 Å². The van der Waals surface area contributed by atoms with Crippen LogP contribution in [0.25, 0.3) is 0 Å². The van der Waals surface area contributed by atoms with Crippen LogP contribution in [0.2, 0.25) is 0 Å². The topological polar surface area (TPSA) is 42.0 Å². The first-order chi connectivity index (χ1) is 10.3. The number of benzene rings is 1. The van der Waals surface area contributed by atoms with Crippen LogP contribution in [0.1, 0.15) is 41.5 Å². The molecule has 2 unspecified atom stereocenters. The summed E-state index contributed by atoms with van der Waals surface area (Å²) in [5, 5.41) is 3.40. The Hall–Kier alpha value is -2.16. The predicted octanol–water partition coefficient (Wildman–Crippen LogP) is 3.28. The molecule has 0 amide bonds. The Balaban J connectivity index is 1.53. The van der Waals surface area contributed by atoms with Crippen molar-refractivity contribution < 1.29 is 4.79 Å². The molecule has 1 aliphatic heterocycles. The van der Waals surface area contributed by atoms with E-state index in [2.05, 4.69) is 34.6 Å². The number of nitrogens with one attached hydrogen (secondary N) is 1. The van der Waals surface area contributed by atoms with Crippen LogP contribution in [0.3, 0.4) is 0 Å². The largest absolute Gasteiger partial charge is 0.384 e. The van der Waals surface area contributed by atoms with Gasteiger partial charge in [0.15, 0.2) is 0 Å². The summed E-state index contributed by atoms with van der Waals surface area (Å²) in [6.07, 6.45) is 4.33. The first-order valence-corrected chi connectivity index (χ1v) is 7.62. The highest BCUT2D eigenvalue weighted by Gasteiger charge is 2.32. The number of hydrogen-bond donors (Lipinski definition) is 1. The number of Topliss-reactive ketones (excluding diaryl/α,β-unsaturated/α-hetero) is 1. The molecule has 0 saturated carbocycles. The standard InChI is InChI=1S/C18H18N2O/c21-17(15-8-7-12-4-3-9-19-18(12)15)10-13-11-20-16-6-2-1-5-14(13)16/h1-6,9,13,15,20H,7-8,10-11H2. The Morgan fingerprint density at radius 2 is 2.14 bits per heavy atom. The van der Waals surface area contributed by atoms with Gasteiger partial charge in [0.2, 0.25) is 0 Å². The highest BCUT2D eigenvalue weighted by atomic mass is 16.1. The predicted molar refractivity (Wildman–Crippen MR) is 82.6 cm³/mol. The van der Waals surface area contributed by atoms with E-state index in [0.717, 1.165) is 25.1 Å². The molecule has 2 heterocycles. The zero-order valence-electron chi connectivity index (χ0n) is 11.9. The number of para-hydroxylation sites is 1. The lowest BCUT2D eigenvalue weighted by Gasteiger charge is -2.13. The highest BCUT2D eigenvalue weighted by Crippen LogP contribution is 2.38. The minimum atomic E-state index is 0.00830. The van der Waals surface area contributed by atoms with Crippen LogP contribution in [0.4, 0.5) is 5.69 Å². The highest BCUT2D eigenvalue weighted by molar-refractivity contribution is 5.87. The molecule has 1 aliphatic carbocycles.